The molecule has 6 heteroatoms. The third-order valence-corrected chi connectivity index (χ3v) is 7.30. The summed E-state index contributed by atoms with van der Waals surface area (Å²) in [6, 6.07) is 6.77. The van der Waals surface area contributed by atoms with Crippen molar-refractivity contribution in [2.45, 2.75) is 63.7 Å². The molecule has 1 aliphatic carbocycles. The van der Waals surface area contributed by atoms with Crippen LogP contribution in [0.2, 0.25) is 0 Å². The fourth-order valence-corrected chi connectivity index (χ4v) is 5.23. The second kappa shape index (κ2) is 9.51. The zero-order valence-corrected chi connectivity index (χ0v) is 16.9. The predicted molar refractivity (Wildman–Crippen MR) is 102 cm³/mol. The largest absolute Gasteiger partial charge is 0.466 e. The van der Waals surface area contributed by atoms with Gasteiger partial charge in [0.25, 0.3) is 0 Å². The molecule has 0 aliphatic heterocycles. The Bertz CT molecular complexity index is 674. The van der Waals surface area contributed by atoms with Gasteiger partial charge in [-0.25, -0.2) is 8.42 Å². The van der Waals surface area contributed by atoms with E-state index in [0.29, 0.717) is 25.6 Å². The maximum absolute atomic E-state index is 12.6. The predicted octanol–water partition coefficient (Wildman–Crippen LogP) is 3.94. The SMILES string of the molecule is CCOC(=O)C(CC1CCCC1)c1ccc(S(=O)(=O)N(CC)CC)cc1. The van der Waals surface area contributed by atoms with Crippen molar-refractivity contribution in [1.82, 2.24) is 4.31 Å². The van der Waals surface area contributed by atoms with Gasteiger partial charge in [-0.05, 0) is 37.0 Å². The van der Waals surface area contributed by atoms with Gasteiger partial charge in [0.05, 0.1) is 17.4 Å². The Hall–Kier alpha value is -1.40. The minimum absolute atomic E-state index is 0.209. The fraction of sp³-hybridized carbons (Fsp3) is 0.650. The van der Waals surface area contributed by atoms with Crippen molar-refractivity contribution in [3.63, 3.8) is 0 Å². The molecule has 1 saturated carbocycles. The maximum atomic E-state index is 12.6. The lowest BCUT2D eigenvalue weighted by Crippen LogP contribution is -2.30. The number of nitrogens with zero attached hydrogens (tertiary/aromatic N) is 1. The maximum Gasteiger partial charge on any atom is 0.313 e. The van der Waals surface area contributed by atoms with Gasteiger partial charge in [-0.2, -0.15) is 4.31 Å². The molecule has 2 rings (SSSR count). The fourth-order valence-electron chi connectivity index (χ4n) is 3.78. The molecule has 146 valence electrons. The van der Waals surface area contributed by atoms with E-state index in [1.54, 1.807) is 24.3 Å². The summed E-state index contributed by atoms with van der Waals surface area (Å²) in [5, 5.41) is 0. The van der Waals surface area contributed by atoms with E-state index in [1.807, 2.05) is 20.8 Å². The highest BCUT2D eigenvalue weighted by atomic mass is 32.2. The molecule has 1 fully saturated rings. The second-order valence-electron chi connectivity index (χ2n) is 6.85. The highest BCUT2D eigenvalue weighted by Gasteiger charge is 2.28. The van der Waals surface area contributed by atoms with Gasteiger partial charge >= 0.3 is 5.97 Å². The average molecular weight is 382 g/mol. The highest BCUT2D eigenvalue weighted by molar-refractivity contribution is 7.89. The lowest BCUT2D eigenvalue weighted by Gasteiger charge is -2.21. The molecule has 0 heterocycles. The van der Waals surface area contributed by atoms with Crippen LogP contribution in [0.5, 0.6) is 0 Å². The van der Waals surface area contributed by atoms with Crippen LogP contribution in [0.25, 0.3) is 0 Å². The van der Waals surface area contributed by atoms with E-state index in [9.17, 15) is 13.2 Å². The number of ether oxygens (including phenoxy) is 1. The van der Waals surface area contributed by atoms with E-state index in [4.69, 9.17) is 4.74 Å². The van der Waals surface area contributed by atoms with Crippen LogP contribution in [0.15, 0.2) is 29.2 Å². The first-order valence-electron chi connectivity index (χ1n) is 9.70. The Morgan fingerprint density at radius 1 is 1.12 bits per heavy atom. The van der Waals surface area contributed by atoms with E-state index in [1.165, 1.54) is 17.1 Å². The summed E-state index contributed by atoms with van der Waals surface area (Å²) in [5.41, 5.74) is 0.842. The van der Waals surface area contributed by atoms with Crippen LogP contribution in [0.4, 0.5) is 0 Å². The summed E-state index contributed by atoms with van der Waals surface area (Å²) < 4.78 is 32.0. The molecule has 0 N–H and O–H groups in total. The van der Waals surface area contributed by atoms with Crippen molar-refractivity contribution >= 4 is 16.0 Å². The van der Waals surface area contributed by atoms with Gasteiger partial charge in [0, 0.05) is 13.1 Å². The normalized spacial score (nSPS) is 16.8. The van der Waals surface area contributed by atoms with E-state index in [0.717, 1.165) is 24.8 Å². The zero-order chi connectivity index (χ0) is 19.2. The third-order valence-electron chi connectivity index (χ3n) is 5.24. The summed E-state index contributed by atoms with van der Waals surface area (Å²) in [5.74, 6) is 0.0190. The molecule has 0 bridgehead atoms. The first-order chi connectivity index (χ1) is 12.4. The lowest BCUT2D eigenvalue weighted by atomic mass is 9.88. The van der Waals surface area contributed by atoms with Crippen molar-refractivity contribution < 1.29 is 17.9 Å². The number of carbonyl (C=O) groups is 1. The lowest BCUT2D eigenvalue weighted by molar-refractivity contribution is -0.145. The van der Waals surface area contributed by atoms with Crippen LogP contribution >= 0.6 is 0 Å². The third kappa shape index (κ3) is 4.86. The standard InChI is InChI=1S/C20H31NO4S/c1-4-21(5-2)26(23,24)18-13-11-17(12-14-18)19(20(22)25-6-3)15-16-9-7-8-10-16/h11-14,16,19H,4-10,15H2,1-3H3. The average Bonchev–Trinajstić information content (AvgIpc) is 3.14. The van der Waals surface area contributed by atoms with Crippen LogP contribution in [-0.4, -0.2) is 38.4 Å². The summed E-state index contributed by atoms with van der Waals surface area (Å²) in [7, 11) is -3.48. The smallest absolute Gasteiger partial charge is 0.313 e. The van der Waals surface area contributed by atoms with Gasteiger partial charge in [0.15, 0.2) is 0 Å². The van der Waals surface area contributed by atoms with E-state index in [-0.39, 0.29) is 16.8 Å². The van der Waals surface area contributed by atoms with Crippen LogP contribution in [0.3, 0.4) is 0 Å². The molecule has 0 saturated heterocycles. The monoisotopic (exact) mass is 381 g/mol. The van der Waals surface area contributed by atoms with Crippen LogP contribution < -0.4 is 0 Å². The summed E-state index contributed by atoms with van der Waals surface area (Å²) in [6.45, 7) is 6.70. The van der Waals surface area contributed by atoms with Gasteiger partial charge < -0.3 is 4.74 Å². The number of sulfonamides is 1. The Balaban J connectivity index is 2.24. The van der Waals surface area contributed by atoms with Gasteiger partial charge in [-0.15, -0.1) is 0 Å². The van der Waals surface area contributed by atoms with Gasteiger partial charge in [0.1, 0.15) is 0 Å². The minimum atomic E-state index is -3.48. The molecule has 1 aromatic carbocycles. The Morgan fingerprint density at radius 2 is 1.69 bits per heavy atom. The number of carbonyl (C=O) groups excluding carboxylic acids is 1. The second-order valence-corrected chi connectivity index (χ2v) is 8.79. The van der Waals surface area contributed by atoms with E-state index >= 15 is 0 Å². The van der Waals surface area contributed by atoms with Gasteiger partial charge in [-0.3, -0.25) is 4.79 Å². The number of benzene rings is 1. The summed E-state index contributed by atoms with van der Waals surface area (Å²) in [4.78, 5) is 12.7. The van der Waals surface area contributed by atoms with Crippen LogP contribution in [0, 0.1) is 5.92 Å². The van der Waals surface area contributed by atoms with Crippen LogP contribution in [-0.2, 0) is 19.6 Å². The highest BCUT2D eigenvalue weighted by Crippen LogP contribution is 2.35. The van der Waals surface area contributed by atoms with E-state index < -0.39 is 10.0 Å². The first-order valence-corrected chi connectivity index (χ1v) is 11.1. The Kier molecular flexibility index (Phi) is 7.65. The molecule has 1 atom stereocenters. The van der Waals surface area contributed by atoms with Gasteiger partial charge in [0.2, 0.25) is 10.0 Å². The van der Waals surface area contributed by atoms with Crippen molar-refractivity contribution in [2.75, 3.05) is 19.7 Å². The summed E-state index contributed by atoms with van der Waals surface area (Å²) in [6.07, 6.45) is 5.54. The van der Waals surface area contributed by atoms with Crippen molar-refractivity contribution in [3.05, 3.63) is 29.8 Å². The molecule has 0 amide bonds. The molecule has 5 nitrogen and oxygen atoms in total. The zero-order valence-electron chi connectivity index (χ0n) is 16.1. The minimum Gasteiger partial charge on any atom is -0.466 e. The molecule has 1 aromatic rings. The quantitative estimate of drug-likeness (QED) is 0.608. The molecule has 0 radical (unpaired) electrons. The number of rotatable bonds is 9. The molecule has 1 aliphatic rings. The molecular formula is C20H31NO4S. The first kappa shape index (κ1) is 20.9. The molecule has 0 spiro atoms. The number of hydrogen-bond acceptors (Lipinski definition) is 4. The van der Waals surface area contributed by atoms with Crippen LogP contribution in [0.1, 0.15) is 64.4 Å². The summed E-state index contributed by atoms with van der Waals surface area (Å²) >= 11 is 0. The number of hydrogen-bond donors (Lipinski definition) is 0. The van der Waals surface area contributed by atoms with Crippen molar-refractivity contribution in [3.8, 4) is 0 Å². The molecule has 26 heavy (non-hydrogen) atoms. The molecular weight excluding hydrogens is 350 g/mol. The van der Waals surface area contributed by atoms with Crippen molar-refractivity contribution in [2.24, 2.45) is 5.92 Å². The number of esters is 1. The van der Waals surface area contributed by atoms with Gasteiger partial charge in [-0.1, -0.05) is 51.7 Å². The Labute approximate surface area is 157 Å². The topological polar surface area (TPSA) is 63.7 Å². The van der Waals surface area contributed by atoms with Crippen molar-refractivity contribution in [1.29, 1.82) is 0 Å². The molecule has 0 aromatic heterocycles. The Morgan fingerprint density at radius 3 is 2.19 bits per heavy atom. The molecule has 1 unspecified atom stereocenters. The van der Waals surface area contributed by atoms with E-state index in [2.05, 4.69) is 0 Å².